The van der Waals surface area contributed by atoms with Gasteiger partial charge in [0.15, 0.2) is 0 Å². The number of para-hydroxylation sites is 1. The summed E-state index contributed by atoms with van der Waals surface area (Å²) in [5.74, 6) is 0. The summed E-state index contributed by atoms with van der Waals surface area (Å²) >= 11 is 0. The van der Waals surface area contributed by atoms with Gasteiger partial charge in [0.2, 0.25) is 0 Å². The maximum atomic E-state index is 4.45. The molecule has 1 aliphatic carbocycles. The Hall–Kier alpha value is -1.35. The zero-order chi connectivity index (χ0) is 12.2. The summed E-state index contributed by atoms with van der Waals surface area (Å²) in [5.41, 5.74) is 1.26. The van der Waals surface area contributed by atoms with Crippen molar-refractivity contribution >= 4 is 10.9 Å². The molecule has 1 aliphatic rings. The molecule has 1 N–H and O–H groups in total. The predicted octanol–water partition coefficient (Wildman–Crippen LogP) is 2.96. The third-order valence-corrected chi connectivity index (χ3v) is 3.61. The number of aryl methyl sites for hydroxylation is 1. The maximum Gasteiger partial charge on any atom is 0.0682 e. The fourth-order valence-corrected chi connectivity index (χ4v) is 2.36. The van der Waals surface area contributed by atoms with E-state index in [1.807, 2.05) is 6.20 Å². The first-order valence-corrected chi connectivity index (χ1v) is 7.07. The van der Waals surface area contributed by atoms with E-state index < -0.39 is 0 Å². The molecule has 0 atom stereocenters. The van der Waals surface area contributed by atoms with Gasteiger partial charge in [0.25, 0.3) is 0 Å². The van der Waals surface area contributed by atoms with E-state index in [1.165, 1.54) is 49.6 Å². The first-order chi connectivity index (χ1) is 8.93. The predicted molar refractivity (Wildman–Crippen MR) is 74.6 cm³/mol. The molecule has 1 aromatic carbocycles. The molecule has 1 heterocycles. The minimum atomic E-state index is 0.847. The van der Waals surface area contributed by atoms with Crippen LogP contribution in [0.5, 0.6) is 0 Å². The Balaban J connectivity index is 1.41. The van der Waals surface area contributed by atoms with Crippen LogP contribution in [0.25, 0.3) is 10.9 Å². The van der Waals surface area contributed by atoms with Crippen LogP contribution in [0.2, 0.25) is 0 Å². The van der Waals surface area contributed by atoms with E-state index in [1.54, 1.807) is 0 Å². The number of hydrogen-bond acceptors (Lipinski definition) is 2. The standard InChI is InChI=1S/C15H21N3/c1(4-10-16-14-8-9-14)5-11-18-15-7-3-2-6-13(15)12-17-18/h2-3,6-7,12,14,16H,1,4-5,8-11H2. The van der Waals surface area contributed by atoms with Crippen molar-refractivity contribution in [1.29, 1.82) is 0 Å². The molecule has 0 radical (unpaired) electrons. The monoisotopic (exact) mass is 243 g/mol. The summed E-state index contributed by atoms with van der Waals surface area (Å²) in [6.45, 7) is 2.22. The van der Waals surface area contributed by atoms with E-state index in [0.717, 1.165) is 12.6 Å². The van der Waals surface area contributed by atoms with Crippen molar-refractivity contribution in [1.82, 2.24) is 15.1 Å². The molecule has 1 aromatic heterocycles. The molecule has 0 bridgehead atoms. The molecule has 3 nitrogen and oxygen atoms in total. The largest absolute Gasteiger partial charge is 0.314 e. The van der Waals surface area contributed by atoms with Gasteiger partial charge < -0.3 is 5.32 Å². The summed E-state index contributed by atoms with van der Waals surface area (Å²) in [6, 6.07) is 9.27. The number of nitrogens with zero attached hydrogens (tertiary/aromatic N) is 2. The Bertz CT molecular complexity index is 499. The summed E-state index contributed by atoms with van der Waals surface area (Å²) in [4.78, 5) is 0. The van der Waals surface area contributed by atoms with E-state index in [4.69, 9.17) is 0 Å². The SMILES string of the molecule is c1ccc2c(c1)cnn2CCCCCNC1CC1. The van der Waals surface area contributed by atoms with Crippen molar-refractivity contribution in [3.8, 4) is 0 Å². The number of benzene rings is 1. The highest BCUT2D eigenvalue weighted by molar-refractivity contribution is 5.78. The van der Waals surface area contributed by atoms with Crippen LogP contribution in [0.1, 0.15) is 32.1 Å². The smallest absolute Gasteiger partial charge is 0.0682 e. The van der Waals surface area contributed by atoms with Gasteiger partial charge in [-0.25, -0.2) is 0 Å². The van der Waals surface area contributed by atoms with Crippen molar-refractivity contribution in [2.45, 2.75) is 44.7 Å². The molecule has 0 unspecified atom stereocenters. The molecule has 0 saturated heterocycles. The van der Waals surface area contributed by atoms with Gasteiger partial charge in [0, 0.05) is 18.0 Å². The average Bonchev–Trinajstić information content (AvgIpc) is 3.14. The molecule has 96 valence electrons. The minimum absolute atomic E-state index is 0.847. The zero-order valence-corrected chi connectivity index (χ0v) is 10.8. The summed E-state index contributed by atoms with van der Waals surface area (Å²) in [6.07, 6.45) is 8.53. The molecule has 18 heavy (non-hydrogen) atoms. The first kappa shape index (κ1) is 11.7. The van der Waals surface area contributed by atoms with Crippen molar-refractivity contribution in [3.05, 3.63) is 30.5 Å². The van der Waals surface area contributed by atoms with E-state index >= 15 is 0 Å². The Kier molecular flexibility index (Phi) is 3.60. The Morgan fingerprint density at radius 3 is 2.94 bits per heavy atom. The van der Waals surface area contributed by atoms with Crippen LogP contribution in [0.4, 0.5) is 0 Å². The van der Waals surface area contributed by atoms with E-state index in [0.29, 0.717) is 0 Å². The first-order valence-electron chi connectivity index (χ1n) is 7.07. The number of unbranched alkanes of at least 4 members (excludes halogenated alkanes) is 2. The fourth-order valence-electron chi connectivity index (χ4n) is 2.36. The van der Waals surface area contributed by atoms with Crippen LogP contribution in [-0.2, 0) is 6.54 Å². The average molecular weight is 243 g/mol. The summed E-state index contributed by atoms with van der Waals surface area (Å²) in [5, 5.41) is 9.25. The van der Waals surface area contributed by atoms with Gasteiger partial charge in [-0.1, -0.05) is 24.6 Å². The van der Waals surface area contributed by atoms with Gasteiger partial charge in [0.05, 0.1) is 11.7 Å². The third-order valence-electron chi connectivity index (χ3n) is 3.61. The highest BCUT2D eigenvalue weighted by atomic mass is 15.3. The second-order valence-corrected chi connectivity index (χ2v) is 5.22. The van der Waals surface area contributed by atoms with Crippen molar-refractivity contribution in [3.63, 3.8) is 0 Å². The van der Waals surface area contributed by atoms with Crippen molar-refractivity contribution in [2.75, 3.05) is 6.54 Å². The lowest BCUT2D eigenvalue weighted by molar-refractivity contribution is 0.538. The third kappa shape index (κ3) is 2.91. The van der Waals surface area contributed by atoms with Gasteiger partial charge in [-0.2, -0.15) is 5.10 Å². The number of hydrogen-bond donors (Lipinski definition) is 1. The number of rotatable bonds is 7. The van der Waals surface area contributed by atoms with Crippen LogP contribution in [-0.4, -0.2) is 22.4 Å². The summed E-state index contributed by atoms with van der Waals surface area (Å²) in [7, 11) is 0. The minimum Gasteiger partial charge on any atom is -0.314 e. The van der Waals surface area contributed by atoms with E-state index in [9.17, 15) is 0 Å². The van der Waals surface area contributed by atoms with Gasteiger partial charge in [0.1, 0.15) is 0 Å². The van der Waals surface area contributed by atoms with Crippen LogP contribution >= 0.6 is 0 Å². The van der Waals surface area contributed by atoms with Crippen LogP contribution in [0.15, 0.2) is 30.5 Å². The number of nitrogens with one attached hydrogen (secondary N) is 1. The molecule has 1 fully saturated rings. The fraction of sp³-hybridized carbons (Fsp3) is 0.533. The Labute approximate surface area is 108 Å². The molecular weight excluding hydrogens is 222 g/mol. The molecule has 0 spiro atoms. The zero-order valence-electron chi connectivity index (χ0n) is 10.8. The van der Waals surface area contributed by atoms with Gasteiger partial charge in [-0.15, -0.1) is 0 Å². The second-order valence-electron chi connectivity index (χ2n) is 5.22. The molecule has 0 aliphatic heterocycles. The molecule has 3 rings (SSSR count). The van der Waals surface area contributed by atoms with Crippen LogP contribution in [0.3, 0.4) is 0 Å². The molecule has 3 heteroatoms. The van der Waals surface area contributed by atoms with Gasteiger partial charge in [-0.05, 0) is 38.3 Å². The molecular formula is C15H21N3. The second kappa shape index (κ2) is 5.53. The summed E-state index contributed by atoms with van der Waals surface area (Å²) < 4.78 is 2.13. The van der Waals surface area contributed by atoms with Crippen LogP contribution < -0.4 is 5.32 Å². The number of fused-ring (bicyclic) bond motifs is 1. The lowest BCUT2D eigenvalue weighted by Crippen LogP contribution is -2.17. The van der Waals surface area contributed by atoms with Crippen LogP contribution in [0, 0.1) is 0 Å². The topological polar surface area (TPSA) is 29.9 Å². The Morgan fingerprint density at radius 2 is 2.06 bits per heavy atom. The quantitative estimate of drug-likeness (QED) is 0.758. The maximum absolute atomic E-state index is 4.45. The van der Waals surface area contributed by atoms with Crippen molar-refractivity contribution in [2.24, 2.45) is 0 Å². The molecule has 0 amide bonds. The highest BCUT2D eigenvalue weighted by Crippen LogP contribution is 2.18. The molecule has 1 saturated carbocycles. The molecule has 2 aromatic rings. The lowest BCUT2D eigenvalue weighted by Gasteiger charge is -2.04. The lowest BCUT2D eigenvalue weighted by atomic mass is 10.2. The van der Waals surface area contributed by atoms with Gasteiger partial charge >= 0.3 is 0 Å². The van der Waals surface area contributed by atoms with E-state index in [-0.39, 0.29) is 0 Å². The van der Waals surface area contributed by atoms with Crippen molar-refractivity contribution < 1.29 is 0 Å². The van der Waals surface area contributed by atoms with E-state index in [2.05, 4.69) is 39.4 Å². The number of aromatic nitrogens is 2. The highest BCUT2D eigenvalue weighted by Gasteiger charge is 2.19. The van der Waals surface area contributed by atoms with Gasteiger partial charge in [-0.3, -0.25) is 4.68 Å². The Morgan fingerprint density at radius 1 is 1.17 bits per heavy atom. The normalized spacial score (nSPS) is 15.3.